The van der Waals surface area contributed by atoms with Crippen LogP contribution in [-0.2, 0) is 11.3 Å². The molecule has 94 valence electrons. The number of benzene rings is 1. The molecule has 0 saturated carbocycles. The second kappa shape index (κ2) is 5.68. The van der Waals surface area contributed by atoms with Gasteiger partial charge in [0.05, 0.1) is 7.11 Å². The molecular formula is C12H10BrNO4. The zero-order valence-corrected chi connectivity index (χ0v) is 11.1. The molecule has 1 heterocycles. The number of hydrogen-bond donors (Lipinski definition) is 0. The fourth-order valence-corrected chi connectivity index (χ4v) is 1.70. The number of carbonyl (C=O) groups is 1. The van der Waals surface area contributed by atoms with Crippen molar-refractivity contribution in [3.63, 3.8) is 0 Å². The summed E-state index contributed by atoms with van der Waals surface area (Å²) >= 11 is 3.17. The predicted molar refractivity (Wildman–Crippen MR) is 66.3 cm³/mol. The quantitative estimate of drug-likeness (QED) is 0.812. The van der Waals surface area contributed by atoms with Crippen molar-refractivity contribution < 1.29 is 18.8 Å². The van der Waals surface area contributed by atoms with E-state index >= 15 is 0 Å². The second-order valence-corrected chi connectivity index (χ2v) is 4.20. The van der Waals surface area contributed by atoms with Gasteiger partial charge in [0.2, 0.25) is 0 Å². The van der Waals surface area contributed by atoms with Crippen LogP contribution in [0.4, 0.5) is 0 Å². The Morgan fingerprint density at radius 1 is 1.44 bits per heavy atom. The molecule has 5 nitrogen and oxygen atoms in total. The van der Waals surface area contributed by atoms with E-state index in [-0.39, 0.29) is 6.61 Å². The van der Waals surface area contributed by atoms with E-state index in [1.165, 1.54) is 7.11 Å². The Kier molecular flexibility index (Phi) is 3.99. The minimum absolute atomic E-state index is 0.187. The number of ether oxygens (including phenoxy) is 2. The van der Waals surface area contributed by atoms with Gasteiger partial charge < -0.3 is 14.0 Å². The van der Waals surface area contributed by atoms with Crippen LogP contribution in [0.15, 0.2) is 39.5 Å². The molecular weight excluding hydrogens is 302 g/mol. The Bertz CT molecular complexity index is 553. The summed E-state index contributed by atoms with van der Waals surface area (Å²) in [6.07, 6.45) is 0. The maximum atomic E-state index is 11.5. The molecule has 0 spiro atoms. The lowest BCUT2D eigenvalue weighted by molar-refractivity contribution is 0.0595. The van der Waals surface area contributed by atoms with Gasteiger partial charge >= 0.3 is 5.97 Å². The summed E-state index contributed by atoms with van der Waals surface area (Å²) in [7, 11) is 1.33. The highest BCUT2D eigenvalue weighted by Gasteiger charge is 2.12. The molecule has 2 aromatic rings. The highest BCUT2D eigenvalue weighted by molar-refractivity contribution is 9.10. The lowest BCUT2D eigenvalue weighted by atomic mass is 10.2. The van der Waals surface area contributed by atoms with Crippen LogP contribution in [0.3, 0.4) is 0 Å². The number of methoxy groups -OCH3 is 1. The van der Waals surface area contributed by atoms with Crippen LogP contribution in [0.5, 0.6) is 5.75 Å². The number of esters is 1. The van der Waals surface area contributed by atoms with Gasteiger partial charge in [-0.2, -0.15) is 0 Å². The summed E-state index contributed by atoms with van der Waals surface area (Å²) in [5, 5.41) is 3.67. The van der Waals surface area contributed by atoms with Crippen molar-refractivity contribution >= 4 is 21.9 Å². The summed E-state index contributed by atoms with van der Waals surface area (Å²) in [6, 6.07) is 8.54. The van der Waals surface area contributed by atoms with E-state index in [1.54, 1.807) is 30.3 Å². The number of hydrogen-bond acceptors (Lipinski definition) is 5. The molecule has 0 amide bonds. The molecule has 0 aliphatic rings. The Morgan fingerprint density at radius 3 is 2.89 bits per heavy atom. The number of halogens is 1. The molecule has 6 heteroatoms. The molecule has 0 aliphatic carbocycles. The first kappa shape index (κ1) is 12.6. The average molecular weight is 312 g/mol. The SMILES string of the molecule is COC(=O)c1ccccc1OCc1cc(Br)no1. The van der Waals surface area contributed by atoms with Crippen molar-refractivity contribution in [2.45, 2.75) is 6.61 Å². The minimum atomic E-state index is -0.440. The van der Waals surface area contributed by atoms with E-state index in [0.717, 1.165) is 0 Å². The van der Waals surface area contributed by atoms with Gasteiger partial charge in [0.15, 0.2) is 5.76 Å². The molecule has 0 fully saturated rings. The maximum Gasteiger partial charge on any atom is 0.341 e. The molecule has 0 unspecified atom stereocenters. The van der Waals surface area contributed by atoms with Crippen LogP contribution < -0.4 is 4.74 Å². The number of rotatable bonds is 4. The van der Waals surface area contributed by atoms with Crippen LogP contribution >= 0.6 is 15.9 Å². The first-order chi connectivity index (χ1) is 8.70. The fraction of sp³-hybridized carbons (Fsp3) is 0.167. The molecule has 0 N–H and O–H groups in total. The van der Waals surface area contributed by atoms with Gasteiger partial charge in [-0.15, -0.1) is 0 Å². The van der Waals surface area contributed by atoms with Gasteiger partial charge in [0, 0.05) is 6.07 Å². The molecule has 0 bridgehead atoms. The molecule has 1 aromatic carbocycles. The maximum absolute atomic E-state index is 11.5. The van der Waals surface area contributed by atoms with Crippen LogP contribution in [0.25, 0.3) is 0 Å². The molecule has 0 radical (unpaired) electrons. The Balaban J connectivity index is 2.11. The molecule has 18 heavy (non-hydrogen) atoms. The Labute approximate surface area is 112 Å². The predicted octanol–water partition coefficient (Wildman–Crippen LogP) is 2.80. The van der Waals surface area contributed by atoms with Crippen LogP contribution in [0.1, 0.15) is 16.1 Å². The average Bonchev–Trinajstić information content (AvgIpc) is 2.81. The normalized spacial score (nSPS) is 10.1. The zero-order chi connectivity index (χ0) is 13.0. The fourth-order valence-electron chi connectivity index (χ4n) is 1.38. The standard InChI is InChI=1S/C12H10BrNO4/c1-16-12(15)9-4-2-3-5-10(9)17-7-8-6-11(13)14-18-8/h2-6H,7H2,1H3. The summed E-state index contributed by atoms with van der Waals surface area (Å²) in [5.41, 5.74) is 0.374. The van der Waals surface area contributed by atoms with Gasteiger partial charge in [-0.05, 0) is 28.1 Å². The largest absolute Gasteiger partial charge is 0.485 e. The van der Waals surface area contributed by atoms with Gasteiger partial charge in [-0.3, -0.25) is 0 Å². The molecule has 0 saturated heterocycles. The van der Waals surface area contributed by atoms with Crippen molar-refractivity contribution in [2.75, 3.05) is 7.11 Å². The van der Waals surface area contributed by atoms with Crippen LogP contribution in [-0.4, -0.2) is 18.2 Å². The van der Waals surface area contributed by atoms with Crippen molar-refractivity contribution in [3.8, 4) is 5.75 Å². The second-order valence-electron chi connectivity index (χ2n) is 3.39. The molecule has 0 aliphatic heterocycles. The zero-order valence-electron chi connectivity index (χ0n) is 9.55. The smallest absolute Gasteiger partial charge is 0.341 e. The van der Waals surface area contributed by atoms with Gasteiger partial charge in [0.1, 0.15) is 22.5 Å². The summed E-state index contributed by atoms with van der Waals surface area (Å²) in [6.45, 7) is 0.187. The van der Waals surface area contributed by atoms with Crippen molar-refractivity contribution in [2.24, 2.45) is 0 Å². The highest BCUT2D eigenvalue weighted by atomic mass is 79.9. The molecule has 1 aromatic heterocycles. The monoisotopic (exact) mass is 311 g/mol. The number of nitrogens with zero attached hydrogens (tertiary/aromatic N) is 1. The summed E-state index contributed by atoms with van der Waals surface area (Å²) < 4.78 is 15.7. The van der Waals surface area contributed by atoms with E-state index < -0.39 is 5.97 Å². The van der Waals surface area contributed by atoms with Crippen molar-refractivity contribution in [3.05, 3.63) is 46.3 Å². The lowest BCUT2D eigenvalue weighted by Crippen LogP contribution is -2.05. The summed E-state index contributed by atoms with van der Waals surface area (Å²) in [4.78, 5) is 11.5. The lowest BCUT2D eigenvalue weighted by Gasteiger charge is -2.08. The molecule has 0 atom stereocenters. The van der Waals surface area contributed by atoms with E-state index in [9.17, 15) is 4.79 Å². The van der Waals surface area contributed by atoms with E-state index in [4.69, 9.17) is 9.26 Å². The van der Waals surface area contributed by atoms with Gasteiger partial charge in [-0.1, -0.05) is 17.3 Å². The van der Waals surface area contributed by atoms with E-state index in [1.807, 2.05) is 0 Å². The number of carbonyl (C=O) groups excluding carboxylic acids is 1. The van der Waals surface area contributed by atoms with Crippen LogP contribution in [0.2, 0.25) is 0 Å². The third kappa shape index (κ3) is 2.89. The first-order valence-electron chi connectivity index (χ1n) is 5.12. The summed E-state index contributed by atoms with van der Waals surface area (Å²) in [5.74, 6) is 0.558. The third-order valence-electron chi connectivity index (χ3n) is 2.19. The van der Waals surface area contributed by atoms with E-state index in [2.05, 4.69) is 25.8 Å². The van der Waals surface area contributed by atoms with Gasteiger partial charge in [0.25, 0.3) is 0 Å². The topological polar surface area (TPSA) is 61.6 Å². The van der Waals surface area contributed by atoms with Gasteiger partial charge in [-0.25, -0.2) is 4.79 Å². The van der Waals surface area contributed by atoms with E-state index in [0.29, 0.717) is 21.7 Å². The third-order valence-corrected chi connectivity index (χ3v) is 2.57. The van der Waals surface area contributed by atoms with Crippen molar-refractivity contribution in [1.29, 1.82) is 0 Å². The minimum Gasteiger partial charge on any atom is -0.485 e. The number of para-hydroxylation sites is 1. The van der Waals surface area contributed by atoms with Crippen molar-refractivity contribution in [1.82, 2.24) is 5.16 Å². The Hall–Kier alpha value is -1.82. The number of aromatic nitrogens is 1. The highest BCUT2D eigenvalue weighted by Crippen LogP contribution is 2.20. The molecule has 2 rings (SSSR count). The first-order valence-corrected chi connectivity index (χ1v) is 5.91. The Morgan fingerprint density at radius 2 is 2.22 bits per heavy atom. The van der Waals surface area contributed by atoms with Crippen LogP contribution in [0, 0.1) is 0 Å².